The maximum atomic E-state index is 5.97. The lowest BCUT2D eigenvalue weighted by atomic mass is 10.1. The molecule has 0 atom stereocenters. The van der Waals surface area contributed by atoms with Crippen LogP contribution in [0.4, 0.5) is 0 Å². The van der Waals surface area contributed by atoms with E-state index in [1.807, 2.05) is 0 Å². The molecule has 0 N–H and O–H groups in total. The average molecular weight is 239 g/mol. The van der Waals surface area contributed by atoms with Crippen LogP contribution in [0.1, 0.15) is 20.3 Å². The van der Waals surface area contributed by atoms with Crippen LogP contribution in [0.5, 0.6) is 0 Å². The van der Waals surface area contributed by atoms with Crippen molar-refractivity contribution in [1.82, 2.24) is 0 Å². The zero-order valence-corrected chi connectivity index (χ0v) is 10.8. The molecule has 1 nitrogen and oxygen atoms in total. The van der Waals surface area contributed by atoms with E-state index in [2.05, 4.69) is 49.4 Å². The Morgan fingerprint density at radius 3 is 2.00 bits per heavy atom. The first-order valence-electron chi connectivity index (χ1n) is 4.03. The molecule has 0 saturated heterocycles. The van der Waals surface area contributed by atoms with Crippen molar-refractivity contribution in [2.75, 3.05) is 5.33 Å². The summed E-state index contributed by atoms with van der Waals surface area (Å²) in [5.74, 6) is 0. The van der Waals surface area contributed by atoms with E-state index in [1.54, 1.807) is 0 Å². The van der Waals surface area contributed by atoms with Gasteiger partial charge in [-0.3, -0.25) is 0 Å². The highest BCUT2D eigenvalue weighted by Crippen LogP contribution is 2.21. The Balaban J connectivity index is 3.91. The van der Waals surface area contributed by atoms with E-state index in [4.69, 9.17) is 4.43 Å². The lowest BCUT2D eigenvalue weighted by Gasteiger charge is -2.32. The Morgan fingerprint density at radius 2 is 1.73 bits per heavy atom. The molecule has 0 aliphatic heterocycles. The summed E-state index contributed by atoms with van der Waals surface area (Å²) in [7, 11) is -1.35. The van der Waals surface area contributed by atoms with Gasteiger partial charge in [-0.05, 0) is 39.9 Å². The highest BCUT2D eigenvalue weighted by molar-refractivity contribution is 9.09. The largest absolute Gasteiger partial charge is 0.413 e. The van der Waals surface area contributed by atoms with Crippen LogP contribution in [0.25, 0.3) is 0 Å². The summed E-state index contributed by atoms with van der Waals surface area (Å²) in [4.78, 5) is 0. The molecule has 0 unspecified atom stereocenters. The number of hydrogen-bond donors (Lipinski definition) is 0. The third kappa shape index (κ3) is 7.03. The number of halogens is 1. The van der Waals surface area contributed by atoms with E-state index in [0.29, 0.717) is 0 Å². The monoisotopic (exact) mass is 238 g/mol. The van der Waals surface area contributed by atoms with Crippen LogP contribution < -0.4 is 0 Å². The number of rotatable bonds is 4. The highest BCUT2D eigenvalue weighted by Gasteiger charge is 2.26. The van der Waals surface area contributed by atoms with Gasteiger partial charge in [0.25, 0.3) is 0 Å². The quantitative estimate of drug-likeness (QED) is 0.539. The molecule has 0 aromatic heterocycles. The van der Waals surface area contributed by atoms with Gasteiger partial charge >= 0.3 is 0 Å². The molecule has 0 spiro atoms. The molecule has 0 aliphatic rings. The fraction of sp³-hybridized carbons (Fsp3) is 1.00. The first-order chi connectivity index (χ1) is 4.77. The molecule has 0 aliphatic carbocycles. The van der Waals surface area contributed by atoms with Crippen LogP contribution in [-0.2, 0) is 4.43 Å². The van der Waals surface area contributed by atoms with Gasteiger partial charge in [-0.15, -0.1) is 0 Å². The van der Waals surface area contributed by atoms with Gasteiger partial charge in [0, 0.05) is 5.33 Å². The Morgan fingerprint density at radius 1 is 1.27 bits per heavy atom. The smallest absolute Gasteiger partial charge is 0.184 e. The second-order valence-corrected chi connectivity index (χ2v) is 9.63. The molecule has 0 rings (SSSR count). The Bertz CT molecular complexity index is 118. The maximum absolute atomic E-state index is 5.97. The summed E-state index contributed by atoms with van der Waals surface area (Å²) >= 11 is 3.43. The van der Waals surface area contributed by atoms with Crippen LogP contribution >= 0.6 is 15.9 Å². The molecule has 68 valence electrons. The molecule has 0 heterocycles. The maximum Gasteiger partial charge on any atom is 0.184 e. The summed E-state index contributed by atoms with van der Waals surface area (Å²) in [6.07, 6.45) is 1.08. The fourth-order valence-electron chi connectivity index (χ4n) is 1.11. The van der Waals surface area contributed by atoms with Gasteiger partial charge in [-0.1, -0.05) is 15.9 Å². The van der Waals surface area contributed by atoms with Crippen molar-refractivity contribution in [1.29, 1.82) is 0 Å². The van der Waals surface area contributed by atoms with Crippen LogP contribution in [0.2, 0.25) is 19.6 Å². The summed E-state index contributed by atoms with van der Waals surface area (Å²) < 4.78 is 5.97. The van der Waals surface area contributed by atoms with Gasteiger partial charge in [0.05, 0.1) is 5.60 Å². The first-order valence-corrected chi connectivity index (χ1v) is 8.56. The predicted molar refractivity (Wildman–Crippen MR) is 56.9 cm³/mol. The SMILES string of the molecule is CC(C)(CCBr)O[Si](C)(C)C. The van der Waals surface area contributed by atoms with Gasteiger partial charge in [-0.25, -0.2) is 0 Å². The number of hydrogen-bond acceptors (Lipinski definition) is 1. The molecule has 11 heavy (non-hydrogen) atoms. The van der Waals surface area contributed by atoms with Gasteiger partial charge in [-0.2, -0.15) is 0 Å². The zero-order valence-electron chi connectivity index (χ0n) is 8.20. The third-order valence-corrected chi connectivity index (χ3v) is 2.84. The molecule has 0 aromatic carbocycles. The topological polar surface area (TPSA) is 9.23 Å². The van der Waals surface area contributed by atoms with Crippen LogP contribution in [-0.4, -0.2) is 19.2 Å². The van der Waals surface area contributed by atoms with E-state index in [9.17, 15) is 0 Å². The molecule has 0 saturated carbocycles. The molecule has 0 amide bonds. The average Bonchev–Trinajstić information content (AvgIpc) is 1.55. The zero-order chi connectivity index (χ0) is 9.12. The molecule has 0 fully saturated rings. The van der Waals surface area contributed by atoms with E-state index >= 15 is 0 Å². The highest BCUT2D eigenvalue weighted by atomic mass is 79.9. The van der Waals surface area contributed by atoms with Crippen LogP contribution in [0, 0.1) is 0 Å². The second kappa shape index (κ2) is 4.05. The van der Waals surface area contributed by atoms with Crippen LogP contribution in [0.15, 0.2) is 0 Å². The van der Waals surface area contributed by atoms with Gasteiger partial charge < -0.3 is 4.43 Å². The molecular weight excluding hydrogens is 220 g/mol. The fourth-order valence-corrected chi connectivity index (χ4v) is 3.82. The minimum atomic E-state index is -1.35. The van der Waals surface area contributed by atoms with Crippen molar-refractivity contribution >= 4 is 24.2 Å². The minimum absolute atomic E-state index is 0.0496. The molecule has 0 aromatic rings. The Labute approximate surface area is 79.8 Å². The van der Waals surface area contributed by atoms with E-state index < -0.39 is 8.32 Å². The van der Waals surface area contributed by atoms with Crippen LogP contribution in [0.3, 0.4) is 0 Å². The van der Waals surface area contributed by atoms with Crippen molar-refractivity contribution < 1.29 is 4.43 Å². The van der Waals surface area contributed by atoms with Crippen molar-refractivity contribution in [2.24, 2.45) is 0 Å². The lowest BCUT2D eigenvalue weighted by Crippen LogP contribution is -2.38. The molecular formula is C8H19BrOSi. The molecule has 3 heteroatoms. The van der Waals surface area contributed by atoms with E-state index in [0.717, 1.165) is 11.8 Å². The summed E-state index contributed by atoms with van der Waals surface area (Å²) in [6, 6.07) is 0. The van der Waals surface area contributed by atoms with E-state index in [-0.39, 0.29) is 5.60 Å². The third-order valence-electron chi connectivity index (χ3n) is 1.28. The lowest BCUT2D eigenvalue weighted by molar-refractivity contribution is 0.0986. The first kappa shape index (κ1) is 11.7. The summed E-state index contributed by atoms with van der Waals surface area (Å²) in [6.45, 7) is 11.0. The summed E-state index contributed by atoms with van der Waals surface area (Å²) in [5, 5.41) is 1.02. The standard InChI is InChI=1S/C8H19BrOSi/c1-8(2,6-7-9)10-11(3,4)5/h6-7H2,1-5H3. The van der Waals surface area contributed by atoms with E-state index in [1.165, 1.54) is 0 Å². The minimum Gasteiger partial charge on any atom is -0.413 e. The van der Waals surface area contributed by atoms with Gasteiger partial charge in [0.1, 0.15) is 0 Å². The second-order valence-electron chi connectivity index (χ2n) is 4.41. The van der Waals surface area contributed by atoms with Gasteiger partial charge in [0.2, 0.25) is 0 Å². The normalized spacial score (nSPS) is 13.6. The molecule has 0 radical (unpaired) electrons. The number of alkyl halides is 1. The Hall–Kier alpha value is 0.657. The van der Waals surface area contributed by atoms with Crippen molar-refractivity contribution in [3.63, 3.8) is 0 Å². The van der Waals surface area contributed by atoms with Crippen molar-refractivity contribution in [2.45, 2.75) is 45.5 Å². The van der Waals surface area contributed by atoms with Crippen molar-refractivity contribution in [3.8, 4) is 0 Å². The van der Waals surface area contributed by atoms with Gasteiger partial charge in [0.15, 0.2) is 8.32 Å². The Kier molecular flexibility index (Phi) is 4.30. The predicted octanol–water partition coefficient (Wildman–Crippen LogP) is 3.40. The molecule has 0 bridgehead atoms. The van der Waals surface area contributed by atoms with Crippen molar-refractivity contribution in [3.05, 3.63) is 0 Å². The summed E-state index contributed by atoms with van der Waals surface area (Å²) in [5.41, 5.74) is 0.0496.